The molecule has 0 unspecified atom stereocenters. The van der Waals surface area contributed by atoms with Gasteiger partial charge in [0.05, 0.1) is 18.8 Å². The zero-order chi connectivity index (χ0) is 22.6. The molecular formula is C27H22BrClO2P+. The first-order chi connectivity index (χ1) is 15.5. The van der Waals surface area contributed by atoms with Crippen molar-refractivity contribution in [2.75, 3.05) is 7.11 Å². The Kier molecular flexibility index (Phi) is 7.10. The van der Waals surface area contributed by atoms with Crippen LogP contribution in [0.2, 0.25) is 5.02 Å². The number of ether oxygens (including phenoxy) is 1. The van der Waals surface area contributed by atoms with E-state index in [1.54, 1.807) is 6.07 Å². The highest BCUT2D eigenvalue weighted by Gasteiger charge is 2.46. The molecule has 2 nitrogen and oxygen atoms in total. The highest BCUT2D eigenvalue weighted by Crippen LogP contribution is 2.58. The van der Waals surface area contributed by atoms with E-state index < -0.39 is 7.26 Å². The lowest BCUT2D eigenvalue weighted by Gasteiger charge is -2.28. The molecule has 32 heavy (non-hydrogen) atoms. The second kappa shape index (κ2) is 10.0. The molecule has 0 aliphatic heterocycles. The molecule has 0 heterocycles. The smallest absolute Gasteiger partial charge is 0.338 e. The third-order valence-corrected chi connectivity index (χ3v) is 10.7. The molecule has 0 bridgehead atoms. The van der Waals surface area contributed by atoms with Crippen LogP contribution in [0.5, 0.6) is 0 Å². The van der Waals surface area contributed by atoms with Gasteiger partial charge in [-0.15, -0.1) is 0 Å². The summed E-state index contributed by atoms with van der Waals surface area (Å²) >= 11 is 9.83. The number of methoxy groups -OCH3 is 1. The highest BCUT2D eigenvalue weighted by atomic mass is 79.9. The standard InChI is InChI=1S/C27H22BrClO2P/c1-31-27(30)26-18-22(29)15-12-20(26)19-32(23-8-4-2-5-9-23,24-10-6-3-7-11-24)25-16-13-21(28)14-17-25/h2-18H,19H2,1H3/q+1. The van der Waals surface area contributed by atoms with E-state index in [9.17, 15) is 4.79 Å². The molecule has 0 aliphatic rings. The van der Waals surface area contributed by atoms with Crippen LogP contribution < -0.4 is 15.9 Å². The van der Waals surface area contributed by atoms with Crippen molar-refractivity contribution in [1.29, 1.82) is 0 Å². The summed E-state index contributed by atoms with van der Waals surface area (Å²) in [5.74, 6) is -0.377. The van der Waals surface area contributed by atoms with Gasteiger partial charge in [0.25, 0.3) is 0 Å². The second-order valence-corrected chi connectivity index (χ2v) is 12.2. The Balaban J connectivity index is 2.02. The predicted molar refractivity (Wildman–Crippen MR) is 139 cm³/mol. The number of halogens is 2. The van der Waals surface area contributed by atoms with Gasteiger partial charge in [0.2, 0.25) is 0 Å². The topological polar surface area (TPSA) is 26.3 Å². The van der Waals surface area contributed by atoms with Crippen molar-refractivity contribution in [2.45, 2.75) is 6.16 Å². The van der Waals surface area contributed by atoms with E-state index in [2.05, 4.69) is 88.7 Å². The van der Waals surface area contributed by atoms with E-state index in [4.69, 9.17) is 16.3 Å². The molecule has 0 atom stereocenters. The summed E-state index contributed by atoms with van der Waals surface area (Å²) in [6.45, 7) is 0. The summed E-state index contributed by atoms with van der Waals surface area (Å²) in [4.78, 5) is 12.7. The van der Waals surface area contributed by atoms with E-state index in [-0.39, 0.29) is 5.97 Å². The molecule has 0 amide bonds. The molecule has 5 heteroatoms. The molecule has 160 valence electrons. The number of hydrogen-bond donors (Lipinski definition) is 0. The summed E-state index contributed by atoms with van der Waals surface area (Å²) in [5, 5.41) is 4.25. The van der Waals surface area contributed by atoms with Crippen LogP contribution in [0.1, 0.15) is 15.9 Å². The number of carbonyl (C=O) groups is 1. The Morgan fingerprint density at radius 2 is 1.34 bits per heavy atom. The van der Waals surface area contributed by atoms with Crippen molar-refractivity contribution >= 4 is 56.7 Å². The van der Waals surface area contributed by atoms with E-state index in [0.717, 1.165) is 10.0 Å². The Morgan fingerprint density at radius 3 is 1.88 bits per heavy atom. The molecule has 0 spiro atoms. The maximum atomic E-state index is 12.7. The number of hydrogen-bond acceptors (Lipinski definition) is 2. The third kappa shape index (κ3) is 4.52. The molecule has 0 fully saturated rings. The zero-order valence-electron chi connectivity index (χ0n) is 17.5. The van der Waals surface area contributed by atoms with Crippen LogP contribution in [0.25, 0.3) is 0 Å². The normalized spacial score (nSPS) is 11.2. The predicted octanol–water partition coefficient (Wildman–Crippen LogP) is 6.38. The van der Waals surface area contributed by atoms with Gasteiger partial charge in [-0.05, 0) is 60.7 Å². The summed E-state index contributed by atoms with van der Waals surface area (Å²) in [6, 6.07) is 35.2. The monoisotopic (exact) mass is 523 g/mol. The Morgan fingerprint density at radius 1 is 0.812 bits per heavy atom. The highest BCUT2D eigenvalue weighted by molar-refractivity contribution is 9.10. The first-order valence-corrected chi connectivity index (χ1v) is 13.3. The quantitative estimate of drug-likeness (QED) is 0.216. The van der Waals surface area contributed by atoms with Crippen LogP contribution in [0.15, 0.2) is 108 Å². The Labute approximate surface area is 202 Å². The summed E-state index contributed by atoms with van der Waals surface area (Å²) in [7, 11) is -0.758. The van der Waals surface area contributed by atoms with Crippen LogP contribution in [-0.2, 0) is 10.9 Å². The molecule has 0 saturated carbocycles. The van der Waals surface area contributed by atoms with Gasteiger partial charge in [-0.2, -0.15) is 0 Å². The summed E-state index contributed by atoms with van der Waals surface area (Å²) < 4.78 is 6.12. The van der Waals surface area contributed by atoms with E-state index in [1.165, 1.54) is 23.0 Å². The van der Waals surface area contributed by atoms with Crippen LogP contribution >= 0.6 is 34.8 Å². The minimum absolute atomic E-state index is 0.377. The maximum absolute atomic E-state index is 12.7. The molecule has 4 aromatic rings. The van der Waals surface area contributed by atoms with Crippen molar-refractivity contribution in [3.05, 3.63) is 124 Å². The van der Waals surface area contributed by atoms with Gasteiger partial charge < -0.3 is 4.74 Å². The fourth-order valence-electron chi connectivity index (χ4n) is 4.02. The number of esters is 1. The fraction of sp³-hybridized carbons (Fsp3) is 0.0741. The lowest BCUT2D eigenvalue weighted by molar-refractivity contribution is 0.0600. The molecule has 0 saturated heterocycles. The van der Waals surface area contributed by atoms with Gasteiger partial charge in [0, 0.05) is 15.1 Å². The Bertz CT molecular complexity index is 1170. The van der Waals surface area contributed by atoms with Gasteiger partial charge >= 0.3 is 5.97 Å². The molecule has 0 radical (unpaired) electrons. The first kappa shape index (κ1) is 22.7. The summed E-state index contributed by atoms with van der Waals surface area (Å²) in [6.07, 6.45) is 0.671. The number of benzene rings is 4. The van der Waals surface area contributed by atoms with Crippen molar-refractivity contribution < 1.29 is 9.53 Å². The van der Waals surface area contributed by atoms with Crippen molar-refractivity contribution in [3.8, 4) is 0 Å². The molecule has 0 aliphatic carbocycles. The molecule has 4 aromatic carbocycles. The summed E-state index contributed by atoms with van der Waals surface area (Å²) in [5.41, 5.74) is 1.43. The maximum Gasteiger partial charge on any atom is 0.338 e. The number of carbonyl (C=O) groups excluding carboxylic acids is 1. The minimum Gasteiger partial charge on any atom is -0.465 e. The average Bonchev–Trinajstić information content (AvgIpc) is 2.84. The van der Waals surface area contributed by atoms with Gasteiger partial charge in [-0.25, -0.2) is 4.79 Å². The van der Waals surface area contributed by atoms with Crippen LogP contribution in [0, 0.1) is 0 Å². The Hall–Kier alpha value is -2.45. The number of rotatable bonds is 6. The lowest BCUT2D eigenvalue weighted by atomic mass is 10.1. The SMILES string of the molecule is COC(=O)c1cc(Cl)ccc1C[P+](c1ccccc1)(c1ccccc1)c1ccc(Br)cc1. The van der Waals surface area contributed by atoms with Crippen LogP contribution in [-0.4, -0.2) is 13.1 Å². The van der Waals surface area contributed by atoms with Crippen LogP contribution in [0.4, 0.5) is 0 Å². The van der Waals surface area contributed by atoms with E-state index in [0.29, 0.717) is 16.7 Å². The van der Waals surface area contributed by atoms with Crippen molar-refractivity contribution in [2.24, 2.45) is 0 Å². The van der Waals surface area contributed by atoms with Gasteiger partial charge in [-0.3, -0.25) is 0 Å². The lowest BCUT2D eigenvalue weighted by Crippen LogP contribution is -2.33. The fourth-order valence-corrected chi connectivity index (χ4v) is 8.71. The molecule has 0 aromatic heterocycles. The van der Waals surface area contributed by atoms with E-state index in [1.807, 2.05) is 24.3 Å². The van der Waals surface area contributed by atoms with Gasteiger partial charge in [0.1, 0.15) is 23.2 Å². The van der Waals surface area contributed by atoms with Gasteiger partial charge in [-0.1, -0.05) is 70.0 Å². The van der Waals surface area contributed by atoms with Crippen molar-refractivity contribution in [1.82, 2.24) is 0 Å². The third-order valence-electron chi connectivity index (χ3n) is 5.55. The zero-order valence-corrected chi connectivity index (χ0v) is 20.8. The molecular weight excluding hydrogens is 503 g/mol. The molecule has 4 rings (SSSR count). The minimum atomic E-state index is -2.16. The second-order valence-electron chi connectivity index (χ2n) is 7.41. The molecule has 0 N–H and O–H groups in total. The van der Waals surface area contributed by atoms with Crippen LogP contribution in [0.3, 0.4) is 0 Å². The average molecular weight is 525 g/mol. The van der Waals surface area contributed by atoms with Gasteiger partial charge in [0.15, 0.2) is 0 Å². The van der Waals surface area contributed by atoms with Crippen molar-refractivity contribution in [3.63, 3.8) is 0 Å². The van der Waals surface area contributed by atoms with E-state index >= 15 is 0 Å². The first-order valence-electron chi connectivity index (χ1n) is 10.2. The largest absolute Gasteiger partial charge is 0.465 e.